The Labute approximate surface area is 122 Å². The summed E-state index contributed by atoms with van der Waals surface area (Å²) in [6.07, 6.45) is 5.10. The number of nitrogens with two attached hydrogens (primary N) is 1. The molecule has 1 fully saturated rings. The molecule has 106 valence electrons. The van der Waals surface area contributed by atoms with E-state index in [9.17, 15) is 4.79 Å². The lowest BCUT2D eigenvalue weighted by Crippen LogP contribution is -2.31. The minimum absolute atomic E-state index is 0.0691. The normalized spacial score (nSPS) is 20.1. The molecule has 1 unspecified atom stereocenters. The van der Waals surface area contributed by atoms with Gasteiger partial charge in [0.15, 0.2) is 0 Å². The van der Waals surface area contributed by atoms with E-state index in [1.165, 1.54) is 17.8 Å². The third-order valence-electron chi connectivity index (χ3n) is 4.00. The Hall–Kier alpha value is -1.62. The van der Waals surface area contributed by atoms with Crippen LogP contribution < -0.4 is 5.73 Å². The zero-order chi connectivity index (χ0) is 14.1. The number of hydrogen-bond acceptors (Lipinski definition) is 4. The lowest BCUT2D eigenvalue weighted by Gasteiger charge is -2.19. The van der Waals surface area contributed by atoms with Crippen LogP contribution in [-0.2, 0) is 0 Å². The number of rotatable bonds is 1. The number of carbonyl (C=O) groups is 1. The average Bonchev–Trinajstić information content (AvgIpc) is 2.64. The van der Waals surface area contributed by atoms with Crippen molar-refractivity contribution in [3.63, 3.8) is 0 Å². The van der Waals surface area contributed by atoms with Crippen LogP contribution in [0.5, 0.6) is 0 Å². The highest BCUT2D eigenvalue weighted by Gasteiger charge is 2.24. The van der Waals surface area contributed by atoms with Gasteiger partial charge in [0.1, 0.15) is 9.71 Å². The molecule has 3 heterocycles. The van der Waals surface area contributed by atoms with Crippen LogP contribution in [0.2, 0.25) is 0 Å². The largest absolute Gasteiger partial charge is 0.397 e. The molecule has 3 rings (SSSR count). The molecule has 1 atom stereocenters. The van der Waals surface area contributed by atoms with Gasteiger partial charge in [-0.05, 0) is 37.3 Å². The molecule has 0 aliphatic carbocycles. The van der Waals surface area contributed by atoms with E-state index in [1.807, 2.05) is 17.0 Å². The zero-order valence-corrected chi connectivity index (χ0v) is 12.4. The number of anilines is 1. The van der Waals surface area contributed by atoms with E-state index in [0.717, 1.165) is 36.1 Å². The number of nitrogens with zero attached hydrogens (tertiary/aromatic N) is 2. The second-order valence-corrected chi connectivity index (χ2v) is 6.53. The smallest absolute Gasteiger partial charge is 0.266 e. The standard InChI is InChI=1S/C15H19N3OS/c1-10-4-3-8-18(9-6-10)15(19)13-12(16)11-5-2-7-17-14(11)20-13/h2,5,7,10H,3-4,6,8-9,16H2,1H3. The summed E-state index contributed by atoms with van der Waals surface area (Å²) in [5.41, 5.74) is 6.72. The predicted octanol–water partition coefficient (Wildman–Crippen LogP) is 3.14. The molecule has 1 saturated heterocycles. The maximum atomic E-state index is 12.7. The molecule has 20 heavy (non-hydrogen) atoms. The summed E-state index contributed by atoms with van der Waals surface area (Å²) in [4.78, 5) is 20.4. The van der Waals surface area contributed by atoms with Crippen LogP contribution in [0.4, 0.5) is 5.69 Å². The third-order valence-corrected chi connectivity index (χ3v) is 5.12. The van der Waals surface area contributed by atoms with Crippen LogP contribution in [0, 0.1) is 5.92 Å². The molecule has 1 aliphatic heterocycles. The highest BCUT2D eigenvalue weighted by Crippen LogP contribution is 2.33. The van der Waals surface area contributed by atoms with Crippen LogP contribution in [-0.4, -0.2) is 28.9 Å². The molecule has 5 heteroatoms. The Bertz CT molecular complexity index is 637. The number of thiophene rings is 1. The number of carbonyl (C=O) groups excluding carboxylic acids is 1. The van der Waals surface area contributed by atoms with Crippen molar-refractivity contribution in [2.45, 2.75) is 26.2 Å². The molecule has 0 saturated carbocycles. The van der Waals surface area contributed by atoms with Gasteiger partial charge in [0.05, 0.1) is 5.69 Å². The average molecular weight is 289 g/mol. The number of likely N-dealkylation sites (tertiary alicyclic amines) is 1. The van der Waals surface area contributed by atoms with Crippen LogP contribution >= 0.6 is 11.3 Å². The maximum Gasteiger partial charge on any atom is 0.266 e. The molecule has 0 bridgehead atoms. The molecule has 1 amide bonds. The number of aromatic nitrogens is 1. The molecule has 0 radical (unpaired) electrons. The van der Waals surface area contributed by atoms with Gasteiger partial charge in [0.25, 0.3) is 5.91 Å². The van der Waals surface area contributed by atoms with Crippen molar-refractivity contribution < 1.29 is 4.79 Å². The molecular weight excluding hydrogens is 270 g/mol. The van der Waals surface area contributed by atoms with Crippen molar-refractivity contribution in [2.75, 3.05) is 18.8 Å². The second kappa shape index (κ2) is 5.40. The quantitative estimate of drug-likeness (QED) is 0.877. The van der Waals surface area contributed by atoms with E-state index in [2.05, 4.69) is 11.9 Å². The first-order chi connectivity index (χ1) is 9.66. The Morgan fingerprint density at radius 2 is 2.30 bits per heavy atom. The lowest BCUT2D eigenvalue weighted by molar-refractivity contribution is 0.0766. The number of hydrogen-bond donors (Lipinski definition) is 1. The predicted molar refractivity (Wildman–Crippen MR) is 83.0 cm³/mol. The minimum Gasteiger partial charge on any atom is -0.397 e. The van der Waals surface area contributed by atoms with Crippen molar-refractivity contribution in [3.8, 4) is 0 Å². The first kappa shape index (κ1) is 13.4. The van der Waals surface area contributed by atoms with Crippen molar-refractivity contribution >= 4 is 33.1 Å². The first-order valence-corrected chi connectivity index (χ1v) is 7.90. The number of fused-ring (bicyclic) bond motifs is 1. The third kappa shape index (κ3) is 2.38. The van der Waals surface area contributed by atoms with Gasteiger partial charge in [-0.3, -0.25) is 4.79 Å². The van der Waals surface area contributed by atoms with E-state index in [4.69, 9.17) is 5.73 Å². The molecule has 1 aliphatic rings. The highest BCUT2D eigenvalue weighted by atomic mass is 32.1. The lowest BCUT2D eigenvalue weighted by atomic mass is 10.0. The van der Waals surface area contributed by atoms with Gasteiger partial charge in [-0.25, -0.2) is 4.98 Å². The van der Waals surface area contributed by atoms with E-state index in [-0.39, 0.29) is 5.91 Å². The van der Waals surface area contributed by atoms with E-state index in [1.54, 1.807) is 6.20 Å². The zero-order valence-electron chi connectivity index (χ0n) is 11.6. The van der Waals surface area contributed by atoms with Crippen LogP contribution in [0.15, 0.2) is 18.3 Å². The molecule has 0 spiro atoms. The number of amides is 1. The topological polar surface area (TPSA) is 59.2 Å². The highest BCUT2D eigenvalue weighted by molar-refractivity contribution is 7.21. The Kier molecular flexibility index (Phi) is 3.61. The van der Waals surface area contributed by atoms with Crippen LogP contribution in [0.3, 0.4) is 0 Å². The van der Waals surface area contributed by atoms with Crippen molar-refractivity contribution in [1.82, 2.24) is 9.88 Å². The Morgan fingerprint density at radius 3 is 3.10 bits per heavy atom. The Balaban J connectivity index is 1.90. The van der Waals surface area contributed by atoms with Gasteiger partial charge in [0, 0.05) is 24.7 Å². The molecular formula is C15H19N3OS. The van der Waals surface area contributed by atoms with Gasteiger partial charge in [0.2, 0.25) is 0 Å². The summed E-state index contributed by atoms with van der Waals surface area (Å²) in [5.74, 6) is 0.772. The summed E-state index contributed by atoms with van der Waals surface area (Å²) in [5, 5.41) is 0.893. The van der Waals surface area contributed by atoms with Gasteiger partial charge < -0.3 is 10.6 Å². The number of pyridine rings is 1. The van der Waals surface area contributed by atoms with E-state index < -0.39 is 0 Å². The molecule has 4 nitrogen and oxygen atoms in total. The first-order valence-electron chi connectivity index (χ1n) is 7.09. The van der Waals surface area contributed by atoms with E-state index >= 15 is 0 Å². The van der Waals surface area contributed by atoms with Crippen molar-refractivity contribution in [3.05, 3.63) is 23.2 Å². The van der Waals surface area contributed by atoms with Crippen molar-refractivity contribution in [1.29, 1.82) is 0 Å². The second-order valence-electron chi connectivity index (χ2n) is 5.53. The molecule has 0 aromatic carbocycles. The SMILES string of the molecule is CC1CCCN(C(=O)c2sc3ncccc3c2N)CC1. The minimum atomic E-state index is 0.0691. The fraction of sp³-hybridized carbons (Fsp3) is 0.467. The summed E-state index contributed by atoms with van der Waals surface area (Å²) in [6.45, 7) is 3.93. The fourth-order valence-corrected chi connectivity index (χ4v) is 3.75. The van der Waals surface area contributed by atoms with Gasteiger partial charge >= 0.3 is 0 Å². The summed E-state index contributed by atoms with van der Waals surface area (Å²) in [6, 6.07) is 3.78. The number of nitrogen functional groups attached to an aromatic ring is 1. The van der Waals surface area contributed by atoms with Gasteiger partial charge in [-0.15, -0.1) is 11.3 Å². The Morgan fingerprint density at radius 1 is 1.45 bits per heavy atom. The summed E-state index contributed by atoms with van der Waals surface area (Å²) in [7, 11) is 0. The monoisotopic (exact) mass is 289 g/mol. The molecule has 2 aromatic rings. The van der Waals surface area contributed by atoms with Crippen LogP contribution in [0.1, 0.15) is 35.9 Å². The summed E-state index contributed by atoms with van der Waals surface area (Å²) < 4.78 is 0. The maximum absolute atomic E-state index is 12.7. The fourth-order valence-electron chi connectivity index (χ4n) is 2.72. The van der Waals surface area contributed by atoms with Gasteiger partial charge in [-0.1, -0.05) is 6.92 Å². The van der Waals surface area contributed by atoms with Crippen LogP contribution in [0.25, 0.3) is 10.2 Å². The summed E-state index contributed by atoms with van der Waals surface area (Å²) >= 11 is 1.41. The van der Waals surface area contributed by atoms with Crippen molar-refractivity contribution in [2.24, 2.45) is 5.92 Å². The van der Waals surface area contributed by atoms with Gasteiger partial charge in [-0.2, -0.15) is 0 Å². The van der Waals surface area contributed by atoms with E-state index in [0.29, 0.717) is 16.5 Å². The molecule has 2 N–H and O–H groups in total. The molecule has 2 aromatic heterocycles.